The quantitative estimate of drug-likeness (QED) is 0.336. The summed E-state index contributed by atoms with van der Waals surface area (Å²) in [5.41, 5.74) is 1.22. The molecule has 0 spiro atoms. The number of aromatic nitrogens is 1. The molecule has 1 aliphatic rings. The van der Waals surface area contributed by atoms with Gasteiger partial charge in [0.15, 0.2) is 11.5 Å². The van der Waals surface area contributed by atoms with Crippen LogP contribution >= 0.6 is 11.6 Å². The molecule has 9 heteroatoms. The van der Waals surface area contributed by atoms with Crippen molar-refractivity contribution in [2.75, 3.05) is 0 Å². The van der Waals surface area contributed by atoms with Gasteiger partial charge in [0.1, 0.15) is 11.6 Å². The van der Waals surface area contributed by atoms with Crippen LogP contribution in [-0.2, 0) is 6.54 Å². The second-order valence-corrected chi connectivity index (χ2v) is 6.39. The lowest BCUT2D eigenvalue weighted by molar-refractivity contribution is -0.286. The Morgan fingerprint density at radius 3 is 2.15 bits per heavy atom. The largest absolute Gasteiger partial charge is 0.586 e. The molecule has 180 valence electrons. The van der Waals surface area contributed by atoms with E-state index in [1.54, 1.807) is 25.2 Å². The molecule has 0 bridgehead atoms. The minimum Gasteiger partial charge on any atom is -0.395 e. The highest BCUT2D eigenvalue weighted by Gasteiger charge is 2.43. The maximum absolute atomic E-state index is 13.6. The van der Waals surface area contributed by atoms with E-state index in [4.69, 9.17) is 11.6 Å². The lowest BCUT2D eigenvalue weighted by Gasteiger charge is -2.09. The van der Waals surface area contributed by atoms with E-state index in [0.29, 0.717) is 16.8 Å². The van der Waals surface area contributed by atoms with Gasteiger partial charge in [0.05, 0.1) is 17.4 Å². The van der Waals surface area contributed by atoms with Gasteiger partial charge in [-0.2, -0.15) is 0 Å². The van der Waals surface area contributed by atoms with Crippen LogP contribution in [0.25, 0.3) is 5.57 Å². The molecule has 0 unspecified atom stereocenters. The monoisotopic (exact) mass is 486 g/mol. The maximum Gasteiger partial charge on any atom is 0.586 e. The van der Waals surface area contributed by atoms with Crippen LogP contribution in [0.15, 0.2) is 55.0 Å². The Balaban J connectivity index is 0.00000129. The highest BCUT2D eigenvalue weighted by atomic mass is 35.5. The second-order valence-electron chi connectivity index (χ2n) is 5.98. The first-order valence-electron chi connectivity index (χ1n) is 10.3. The third-order valence-corrected chi connectivity index (χ3v) is 4.33. The summed E-state index contributed by atoms with van der Waals surface area (Å²) >= 11 is 6.18. The van der Waals surface area contributed by atoms with E-state index in [-0.39, 0.29) is 28.6 Å². The molecule has 2 aromatic rings. The molecule has 0 amide bonds. The SMILES string of the molecule is C=C(/C=C\C(=C/C)c1cc2c(cc1Cl)OC(F)(F)O2)NCc1c(F)cncc1F.CC.CC. The number of ether oxygens (including phenoxy) is 2. The minimum absolute atomic E-state index is 0.131. The summed E-state index contributed by atoms with van der Waals surface area (Å²) < 4.78 is 62.5. The molecule has 1 aromatic carbocycles. The molecule has 0 aliphatic carbocycles. The number of benzene rings is 1. The fraction of sp³-hybridized carbons (Fsp3) is 0.292. The van der Waals surface area contributed by atoms with Crippen molar-refractivity contribution in [1.29, 1.82) is 0 Å². The van der Waals surface area contributed by atoms with Crippen molar-refractivity contribution in [3.05, 3.63) is 82.8 Å². The van der Waals surface area contributed by atoms with Crippen LogP contribution in [0.2, 0.25) is 5.02 Å². The number of allylic oxidation sites excluding steroid dienone is 4. The number of hydrogen-bond donors (Lipinski definition) is 1. The van der Waals surface area contributed by atoms with Crippen LogP contribution in [0.4, 0.5) is 17.6 Å². The van der Waals surface area contributed by atoms with Gasteiger partial charge in [-0.25, -0.2) is 8.78 Å². The number of pyridine rings is 1. The zero-order valence-electron chi connectivity index (χ0n) is 19.1. The maximum atomic E-state index is 13.6. The molecule has 33 heavy (non-hydrogen) atoms. The summed E-state index contributed by atoms with van der Waals surface area (Å²) in [7, 11) is 0. The Bertz CT molecular complexity index is 1000. The summed E-state index contributed by atoms with van der Waals surface area (Å²) in [6, 6.07) is 2.59. The number of rotatable bonds is 6. The summed E-state index contributed by atoms with van der Waals surface area (Å²) in [4.78, 5) is 3.42. The fourth-order valence-corrected chi connectivity index (χ4v) is 2.86. The number of nitrogens with zero attached hydrogens (tertiary/aromatic N) is 1. The lowest BCUT2D eigenvalue weighted by atomic mass is 10.0. The number of halogens is 5. The number of alkyl halides is 2. The van der Waals surface area contributed by atoms with E-state index in [1.165, 1.54) is 12.1 Å². The van der Waals surface area contributed by atoms with Crippen LogP contribution in [-0.4, -0.2) is 11.3 Å². The molecule has 4 nitrogen and oxygen atoms in total. The van der Waals surface area contributed by atoms with E-state index >= 15 is 0 Å². The van der Waals surface area contributed by atoms with Gasteiger partial charge in [0, 0.05) is 29.4 Å². The van der Waals surface area contributed by atoms with Gasteiger partial charge in [-0.3, -0.25) is 4.98 Å². The minimum atomic E-state index is -3.74. The highest BCUT2D eigenvalue weighted by molar-refractivity contribution is 6.32. The first-order valence-corrected chi connectivity index (χ1v) is 10.7. The zero-order chi connectivity index (χ0) is 25.2. The van der Waals surface area contributed by atoms with Crippen molar-refractivity contribution < 1.29 is 27.0 Å². The fourth-order valence-electron chi connectivity index (χ4n) is 2.59. The van der Waals surface area contributed by atoms with Crippen LogP contribution in [0.5, 0.6) is 11.5 Å². The van der Waals surface area contributed by atoms with Crippen molar-refractivity contribution in [3.63, 3.8) is 0 Å². The Morgan fingerprint density at radius 2 is 1.61 bits per heavy atom. The zero-order valence-corrected chi connectivity index (χ0v) is 19.9. The first kappa shape index (κ1) is 28.0. The van der Waals surface area contributed by atoms with Crippen LogP contribution < -0.4 is 14.8 Å². The Morgan fingerprint density at radius 1 is 1.06 bits per heavy atom. The van der Waals surface area contributed by atoms with E-state index < -0.39 is 17.9 Å². The molecule has 3 rings (SSSR count). The average molecular weight is 487 g/mol. The van der Waals surface area contributed by atoms with E-state index in [1.807, 2.05) is 27.7 Å². The van der Waals surface area contributed by atoms with Gasteiger partial charge >= 0.3 is 6.29 Å². The van der Waals surface area contributed by atoms with Gasteiger partial charge in [-0.1, -0.05) is 58.0 Å². The second kappa shape index (κ2) is 12.9. The van der Waals surface area contributed by atoms with Gasteiger partial charge in [0.2, 0.25) is 0 Å². The van der Waals surface area contributed by atoms with Gasteiger partial charge in [-0.05, 0) is 24.6 Å². The third-order valence-electron chi connectivity index (χ3n) is 4.02. The van der Waals surface area contributed by atoms with E-state index in [2.05, 4.69) is 26.4 Å². The molecule has 0 radical (unpaired) electrons. The van der Waals surface area contributed by atoms with Gasteiger partial charge in [0.25, 0.3) is 0 Å². The van der Waals surface area contributed by atoms with Crippen molar-refractivity contribution in [2.45, 2.75) is 47.5 Å². The molecular formula is C24H27ClF4N2O2. The van der Waals surface area contributed by atoms with Crippen molar-refractivity contribution in [3.8, 4) is 11.5 Å². The van der Waals surface area contributed by atoms with Gasteiger partial charge in [-0.15, -0.1) is 8.78 Å². The molecule has 0 saturated heterocycles. The molecule has 0 atom stereocenters. The summed E-state index contributed by atoms with van der Waals surface area (Å²) in [6.45, 7) is 13.4. The van der Waals surface area contributed by atoms with Crippen molar-refractivity contribution >= 4 is 17.2 Å². The number of nitrogens with one attached hydrogen (secondary N) is 1. The average Bonchev–Trinajstić information content (AvgIpc) is 3.09. The lowest BCUT2D eigenvalue weighted by Crippen LogP contribution is -2.25. The molecular weight excluding hydrogens is 460 g/mol. The normalized spacial score (nSPS) is 13.6. The number of hydrogen-bond acceptors (Lipinski definition) is 4. The Kier molecular flexibility index (Phi) is 10.9. The summed E-state index contributed by atoms with van der Waals surface area (Å²) in [6.07, 6.45) is 2.97. The molecule has 0 saturated carbocycles. The van der Waals surface area contributed by atoms with Crippen LogP contribution in [0.3, 0.4) is 0 Å². The molecule has 0 fully saturated rings. The van der Waals surface area contributed by atoms with Crippen molar-refractivity contribution in [2.24, 2.45) is 0 Å². The molecule has 2 heterocycles. The smallest absolute Gasteiger partial charge is 0.395 e. The predicted molar refractivity (Wildman–Crippen MR) is 123 cm³/mol. The summed E-state index contributed by atoms with van der Waals surface area (Å²) in [5, 5.41) is 2.97. The third kappa shape index (κ3) is 7.53. The molecule has 1 N–H and O–H groups in total. The Labute approximate surface area is 196 Å². The Hall–Kier alpha value is -3.00. The van der Waals surface area contributed by atoms with Crippen LogP contribution in [0, 0.1) is 11.6 Å². The van der Waals surface area contributed by atoms with Gasteiger partial charge < -0.3 is 14.8 Å². The predicted octanol–water partition coefficient (Wildman–Crippen LogP) is 7.65. The van der Waals surface area contributed by atoms with E-state index in [0.717, 1.165) is 12.4 Å². The first-order chi connectivity index (χ1) is 15.7. The van der Waals surface area contributed by atoms with E-state index in [9.17, 15) is 17.6 Å². The number of fused-ring (bicyclic) bond motifs is 1. The molecule has 1 aliphatic heterocycles. The standard InChI is InChI=1S/C20H15ClF4N2O2.2C2H6/c1-3-12(13-6-18-19(7-15(13)21)29-20(24,25)28-18)5-4-11(2)27-8-14-16(22)9-26-10-17(14)23;2*1-2/h3-7,9-10,27H,2,8H2,1H3;2*1-2H3/b5-4-,12-3+;;. The highest BCUT2D eigenvalue weighted by Crippen LogP contribution is 2.45. The molecule has 1 aromatic heterocycles. The van der Waals surface area contributed by atoms with Crippen LogP contribution in [0.1, 0.15) is 45.7 Å². The van der Waals surface area contributed by atoms with Crippen molar-refractivity contribution in [1.82, 2.24) is 10.3 Å². The topological polar surface area (TPSA) is 43.4 Å². The summed E-state index contributed by atoms with van der Waals surface area (Å²) in [5.74, 6) is -1.84.